The van der Waals surface area contributed by atoms with E-state index in [0.717, 1.165) is 65.3 Å². The SMILES string of the molecule is CC=c1cc(-c2nc(C3CCC(CNC(C)=O)CC3)n3ccnc(N)c23)cc/c1=C/C=C(\C)c1ccccc1. The largest absolute Gasteiger partial charge is 0.382 e. The van der Waals surface area contributed by atoms with E-state index in [0.29, 0.717) is 17.7 Å². The highest BCUT2D eigenvalue weighted by molar-refractivity contribution is 5.85. The monoisotopic (exact) mass is 519 g/mol. The molecule has 5 rings (SSSR count). The smallest absolute Gasteiger partial charge is 0.216 e. The van der Waals surface area contributed by atoms with Crippen molar-refractivity contribution in [2.75, 3.05) is 12.3 Å². The maximum absolute atomic E-state index is 11.3. The van der Waals surface area contributed by atoms with Crippen LogP contribution in [0.25, 0.3) is 34.5 Å². The van der Waals surface area contributed by atoms with Crippen molar-refractivity contribution in [1.29, 1.82) is 0 Å². The molecule has 6 heteroatoms. The van der Waals surface area contributed by atoms with Crippen LogP contribution in [0.4, 0.5) is 5.82 Å². The van der Waals surface area contributed by atoms with Crippen molar-refractivity contribution in [2.45, 2.75) is 52.4 Å². The van der Waals surface area contributed by atoms with E-state index in [1.54, 1.807) is 13.1 Å². The molecule has 39 heavy (non-hydrogen) atoms. The summed E-state index contributed by atoms with van der Waals surface area (Å²) in [4.78, 5) is 20.9. The number of carbonyl (C=O) groups is 1. The molecular weight excluding hydrogens is 482 g/mol. The lowest BCUT2D eigenvalue weighted by molar-refractivity contribution is -0.119. The third kappa shape index (κ3) is 5.80. The first-order valence-corrected chi connectivity index (χ1v) is 13.8. The lowest BCUT2D eigenvalue weighted by Gasteiger charge is -2.27. The predicted molar refractivity (Wildman–Crippen MR) is 160 cm³/mol. The van der Waals surface area contributed by atoms with Crippen LogP contribution >= 0.6 is 0 Å². The number of rotatable bonds is 6. The van der Waals surface area contributed by atoms with E-state index in [1.807, 2.05) is 12.3 Å². The molecule has 0 radical (unpaired) electrons. The van der Waals surface area contributed by atoms with Crippen molar-refractivity contribution in [3.8, 4) is 11.3 Å². The van der Waals surface area contributed by atoms with Gasteiger partial charge in [-0.2, -0.15) is 0 Å². The molecule has 1 aliphatic carbocycles. The van der Waals surface area contributed by atoms with Crippen molar-refractivity contribution >= 4 is 35.0 Å². The number of aromatic nitrogens is 3. The van der Waals surface area contributed by atoms with Crippen LogP contribution in [0, 0.1) is 5.92 Å². The van der Waals surface area contributed by atoms with Crippen LogP contribution in [0.5, 0.6) is 0 Å². The molecule has 6 nitrogen and oxygen atoms in total. The maximum atomic E-state index is 11.3. The number of carbonyl (C=O) groups excluding carboxylic acids is 1. The number of benzene rings is 2. The number of nitrogens with two attached hydrogens (primary N) is 1. The zero-order chi connectivity index (χ0) is 27.4. The van der Waals surface area contributed by atoms with Crippen LogP contribution in [0.3, 0.4) is 0 Å². The molecule has 0 bridgehead atoms. The number of imidazole rings is 1. The van der Waals surface area contributed by atoms with Gasteiger partial charge < -0.3 is 11.1 Å². The number of nitrogen functional groups attached to an aromatic ring is 1. The zero-order valence-corrected chi connectivity index (χ0v) is 23.0. The topological polar surface area (TPSA) is 85.3 Å². The molecule has 2 heterocycles. The first-order valence-electron chi connectivity index (χ1n) is 13.8. The van der Waals surface area contributed by atoms with Crippen molar-refractivity contribution in [3.63, 3.8) is 0 Å². The molecule has 0 aliphatic heterocycles. The van der Waals surface area contributed by atoms with Gasteiger partial charge >= 0.3 is 0 Å². The average molecular weight is 520 g/mol. The molecule has 1 saturated carbocycles. The molecule has 0 spiro atoms. The molecular formula is C33H37N5O. The summed E-state index contributed by atoms with van der Waals surface area (Å²) in [5, 5.41) is 5.28. The van der Waals surface area contributed by atoms with E-state index < -0.39 is 0 Å². The highest BCUT2D eigenvalue weighted by Crippen LogP contribution is 2.38. The summed E-state index contributed by atoms with van der Waals surface area (Å²) in [6.07, 6.45) is 14.4. The van der Waals surface area contributed by atoms with Gasteiger partial charge in [0.05, 0.1) is 0 Å². The summed E-state index contributed by atoms with van der Waals surface area (Å²) in [6, 6.07) is 16.9. The number of nitrogens with zero attached hydrogens (tertiary/aromatic N) is 3. The van der Waals surface area contributed by atoms with Crippen LogP contribution in [0.2, 0.25) is 0 Å². The number of hydrogen-bond acceptors (Lipinski definition) is 4. The van der Waals surface area contributed by atoms with Crippen molar-refractivity contribution in [2.24, 2.45) is 5.92 Å². The van der Waals surface area contributed by atoms with Crippen LogP contribution in [-0.2, 0) is 4.79 Å². The Morgan fingerprint density at radius 3 is 2.56 bits per heavy atom. The van der Waals surface area contributed by atoms with E-state index in [-0.39, 0.29) is 5.91 Å². The second-order valence-electron chi connectivity index (χ2n) is 10.5. The Balaban J connectivity index is 1.48. The molecule has 1 amide bonds. The average Bonchev–Trinajstić information content (AvgIpc) is 3.36. The zero-order valence-electron chi connectivity index (χ0n) is 23.0. The minimum atomic E-state index is 0.0404. The quantitative estimate of drug-likeness (QED) is 0.372. The Kier molecular flexibility index (Phi) is 7.92. The Labute approximate surface area is 230 Å². The summed E-state index contributed by atoms with van der Waals surface area (Å²) in [7, 11) is 0. The summed E-state index contributed by atoms with van der Waals surface area (Å²) < 4.78 is 2.14. The molecule has 0 unspecified atom stereocenters. The van der Waals surface area contributed by atoms with E-state index in [9.17, 15) is 4.79 Å². The third-order valence-electron chi connectivity index (χ3n) is 7.88. The van der Waals surface area contributed by atoms with Crippen molar-refractivity contribution < 1.29 is 4.79 Å². The fourth-order valence-corrected chi connectivity index (χ4v) is 5.63. The van der Waals surface area contributed by atoms with E-state index in [2.05, 4.69) is 89.2 Å². The number of fused-ring (bicyclic) bond motifs is 1. The van der Waals surface area contributed by atoms with Gasteiger partial charge in [0, 0.05) is 37.3 Å². The molecule has 1 aliphatic rings. The van der Waals surface area contributed by atoms with Gasteiger partial charge in [-0.05, 0) is 73.1 Å². The molecule has 2 aromatic heterocycles. The molecule has 4 aromatic rings. The van der Waals surface area contributed by atoms with E-state index in [1.165, 1.54) is 11.1 Å². The first kappa shape index (κ1) is 26.4. The van der Waals surface area contributed by atoms with Crippen LogP contribution in [0.1, 0.15) is 63.8 Å². The summed E-state index contributed by atoms with van der Waals surface area (Å²) in [6.45, 7) is 6.54. The second kappa shape index (κ2) is 11.7. The van der Waals surface area contributed by atoms with Gasteiger partial charge in [-0.1, -0.05) is 60.7 Å². The molecule has 200 valence electrons. The highest BCUT2D eigenvalue weighted by Gasteiger charge is 2.27. The minimum Gasteiger partial charge on any atom is -0.382 e. The van der Waals surface area contributed by atoms with E-state index in [4.69, 9.17) is 10.7 Å². The van der Waals surface area contributed by atoms with Crippen LogP contribution < -0.4 is 21.5 Å². The number of amides is 1. The lowest BCUT2D eigenvalue weighted by Crippen LogP contribution is -2.29. The van der Waals surface area contributed by atoms with Gasteiger partial charge in [0.15, 0.2) is 0 Å². The molecule has 0 atom stereocenters. The summed E-state index contributed by atoms with van der Waals surface area (Å²) >= 11 is 0. The fraction of sp³-hybridized carbons (Fsp3) is 0.303. The predicted octanol–water partition coefficient (Wildman–Crippen LogP) is 5.07. The Morgan fingerprint density at radius 2 is 1.85 bits per heavy atom. The van der Waals surface area contributed by atoms with Gasteiger partial charge in [-0.25, -0.2) is 9.97 Å². The van der Waals surface area contributed by atoms with Crippen molar-refractivity contribution in [1.82, 2.24) is 19.7 Å². The number of nitrogens with one attached hydrogen (secondary N) is 1. The van der Waals surface area contributed by atoms with Crippen LogP contribution in [-0.4, -0.2) is 26.8 Å². The normalized spacial score (nSPS) is 19.0. The molecule has 1 fully saturated rings. The standard InChI is InChI=1S/C33H37N5O/c1-4-25-20-29(17-16-27(25)13-10-22(2)26-8-6-5-7-9-26)30-31-32(34)35-18-19-38(31)33(37-30)28-14-11-24(12-15-28)21-36-23(3)39/h4-10,13,16-20,24,28H,11-12,14-15,21H2,1-3H3,(H2,34,35)(H,36,39)/b22-10+,25-4?,27-13-. The minimum absolute atomic E-state index is 0.0404. The van der Waals surface area contributed by atoms with Gasteiger partial charge in [-0.3, -0.25) is 9.20 Å². The summed E-state index contributed by atoms with van der Waals surface area (Å²) in [5.41, 5.74) is 11.6. The number of allylic oxidation sites excluding steroid dienone is 2. The fourth-order valence-electron chi connectivity index (χ4n) is 5.63. The summed E-state index contributed by atoms with van der Waals surface area (Å²) in [5.74, 6) is 2.45. The molecule has 3 N–H and O–H groups in total. The first-order chi connectivity index (χ1) is 18.9. The van der Waals surface area contributed by atoms with E-state index >= 15 is 0 Å². The third-order valence-corrected chi connectivity index (χ3v) is 7.88. The van der Waals surface area contributed by atoms with Gasteiger partial charge in [-0.15, -0.1) is 0 Å². The molecule has 0 saturated heterocycles. The highest BCUT2D eigenvalue weighted by atomic mass is 16.1. The lowest BCUT2D eigenvalue weighted by atomic mass is 9.81. The second-order valence-corrected chi connectivity index (χ2v) is 10.5. The van der Waals surface area contributed by atoms with Gasteiger partial charge in [0.25, 0.3) is 0 Å². The van der Waals surface area contributed by atoms with Gasteiger partial charge in [0.1, 0.15) is 22.9 Å². The Bertz CT molecular complexity index is 1630. The Morgan fingerprint density at radius 1 is 1.08 bits per heavy atom. The Hall–Kier alpha value is -4.19. The molecule has 2 aromatic carbocycles. The van der Waals surface area contributed by atoms with Crippen LogP contribution in [0.15, 0.2) is 67.0 Å². The number of anilines is 1. The number of hydrogen-bond donors (Lipinski definition) is 2. The maximum Gasteiger partial charge on any atom is 0.216 e. The van der Waals surface area contributed by atoms with Gasteiger partial charge in [0.2, 0.25) is 5.91 Å². The van der Waals surface area contributed by atoms with Crippen molar-refractivity contribution in [3.05, 3.63) is 88.8 Å².